The van der Waals surface area contributed by atoms with E-state index in [9.17, 15) is 10.1 Å². The van der Waals surface area contributed by atoms with E-state index in [0.717, 1.165) is 5.69 Å². The molecule has 0 aromatic heterocycles. The zero-order valence-electron chi connectivity index (χ0n) is 7.91. The van der Waals surface area contributed by atoms with Gasteiger partial charge in [-0.15, -0.1) is 0 Å². The molecule has 0 N–H and O–H groups in total. The first-order valence-corrected chi connectivity index (χ1v) is 4.47. The van der Waals surface area contributed by atoms with Gasteiger partial charge in [0, 0.05) is 36.4 Å². The maximum atomic E-state index is 10.4. The van der Waals surface area contributed by atoms with Crippen molar-refractivity contribution in [3.8, 4) is 0 Å². The Morgan fingerprint density at radius 3 is 2.60 bits per heavy atom. The van der Waals surface area contributed by atoms with Gasteiger partial charge in [-0.1, -0.05) is 0 Å². The highest BCUT2D eigenvalue weighted by atomic mass is 16.6. The topological polar surface area (TPSA) is 58.7 Å². The van der Waals surface area contributed by atoms with Gasteiger partial charge in [0.2, 0.25) is 0 Å². The Morgan fingerprint density at radius 2 is 2.07 bits per heavy atom. The summed E-state index contributed by atoms with van der Waals surface area (Å²) in [7, 11) is 0. The summed E-state index contributed by atoms with van der Waals surface area (Å²) in [6.45, 7) is 0.689. The molecule has 1 aliphatic rings. The fraction of sp³-hybridized carbons (Fsp3) is 0.100. The van der Waals surface area contributed by atoms with Crippen LogP contribution in [0.25, 0.3) is 0 Å². The monoisotopic (exact) mass is 203 g/mol. The molecule has 1 aromatic carbocycles. The quantitative estimate of drug-likeness (QED) is 0.545. The second-order valence-electron chi connectivity index (χ2n) is 3.06. The predicted octanol–water partition coefficient (Wildman–Crippen LogP) is 1.96. The Labute approximate surface area is 86.5 Å². The molecule has 5 nitrogen and oxygen atoms in total. The molecule has 0 amide bonds. The Morgan fingerprint density at radius 1 is 1.33 bits per heavy atom. The van der Waals surface area contributed by atoms with Gasteiger partial charge in [-0.2, -0.15) is 0 Å². The lowest BCUT2D eigenvalue weighted by Gasteiger charge is -2.19. The van der Waals surface area contributed by atoms with Crippen LogP contribution in [0.15, 0.2) is 41.7 Å². The highest BCUT2D eigenvalue weighted by Gasteiger charge is 2.07. The molecular formula is C10H9N3O2. The zero-order chi connectivity index (χ0) is 10.7. The summed E-state index contributed by atoms with van der Waals surface area (Å²) in [5.74, 6) is 0. The molecule has 0 bridgehead atoms. The van der Waals surface area contributed by atoms with E-state index in [1.165, 1.54) is 12.1 Å². The maximum Gasteiger partial charge on any atom is 0.269 e. The second-order valence-corrected chi connectivity index (χ2v) is 3.06. The van der Waals surface area contributed by atoms with Gasteiger partial charge < -0.3 is 4.90 Å². The fourth-order valence-corrected chi connectivity index (χ4v) is 1.33. The zero-order valence-corrected chi connectivity index (χ0v) is 7.91. The maximum absolute atomic E-state index is 10.4. The molecule has 1 aromatic rings. The summed E-state index contributed by atoms with van der Waals surface area (Å²) in [4.78, 5) is 15.9. The van der Waals surface area contributed by atoms with Crippen LogP contribution in [-0.4, -0.2) is 17.7 Å². The number of nitro groups is 1. The van der Waals surface area contributed by atoms with E-state index < -0.39 is 4.92 Å². The van der Waals surface area contributed by atoms with Crippen LogP contribution in [0.3, 0.4) is 0 Å². The van der Waals surface area contributed by atoms with Gasteiger partial charge in [0.05, 0.1) is 11.5 Å². The molecule has 0 spiro atoms. The molecule has 0 atom stereocenters. The Balaban J connectivity index is 2.20. The van der Waals surface area contributed by atoms with Crippen LogP contribution < -0.4 is 4.90 Å². The van der Waals surface area contributed by atoms with Crippen molar-refractivity contribution in [2.75, 3.05) is 11.4 Å². The molecule has 0 fully saturated rings. The Kier molecular flexibility index (Phi) is 2.45. The van der Waals surface area contributed by atoms with E-state index in [-0.39, 0.29) is 5.69 Å². The van der Waals surface area contributed by atoms with E-state index in [2.05, 4.69) is 4.99 Å². The van der Waals surface area contributed by atoms with Gasteiger partial charge in [0.25, 0.3) is 5.69 Å². The first-order valence-electron chi connectivity index (χ1n) is 4.47. The van der Waals surface area contributed by atoms with Crippen molar-refractivity contribution in [1.82, 2.24) is 0 Å². The van der Waals surface area contributed by atoms with Gasteiger partial charge in [0.1, 0.15) is 0 Å². The smallest absolute Gasteiger partial charge is 0.269 e. The lowest BCUT2D eigenvalue weighted by molar-refractivity contribution is -0.384. The fourth-order valence-electron chi connectivity index (χ4n) is 1.33. The molecule has 2 rings (SSSR count). The van der Waals surface area contributed by atoms with Gasteiger partial charge in [0.15, 0.2) is 0 Å². The number of aliphatic imine (C=N–C) groups is 1. The molecule has 1 aliphatic heterocycles. The molecule has 0 saturated heterocycles. The van der Waals surface area contributed by atoms with Crippen molar-refractivity contribution in [3.63, 3.8) is 0 Å². The lowest BCUT2D eigenvalue weighted by Crippen LogP contribution is -2.20. The van der Waals surface area contributed by atoms with Crippen LogP contribution in [0.4, 0.5) is 11.4 Å². The Hall–Kier alpha value is -2.17. The van der Waals surface area contributed by atoms with Crippen LogP contribution in [-0.2, 0) is 0 Å². The first-order chi connectivity index (χ1) is 7.27. The summed E-state index contributed by atoms with van der Waals surface area (Å²) >= 11 is 0. The number of hydrogen-bond acceptors (Lipinski definition) is 4. The first kappa shape index (κ1) is 9.39. The molecule has 5 heteroatoms. The third-order valence-corrected chi connectivity index (χ3v) is 2.11. The predicted molar refractivity (Wildman–Crippen MR) is 58.1 cm³/mol. The Bertz CT molecular complexity index is 423. The van der Waals surface area contributed by atoms with Crippen LogP contribution >= 0.6 is 0 Å². The third-order valence-electron chi connectivity index (χ3n) is 2.11. The van der Waals surface area contributed by atoms with Gasteiger partial charge >= 0.3 is 0 Å². The average Bonchev–Trinajstić information content (AvgIpc) is 2.30. The van der Waals surface area contributed by atoms with Crippen molar-refractivity contribution in [2.45, 2.75) is 0 Å². The number of hydrogen-bond donors (Lipinski definition) is 0. The van der Waals surface area contributed by atoms with E-state index in [1.54, 1.807) is 24.5 Å². The van der Waals surface area contributed by atoms with E-state index in [1.807, 2.05) is 11.1 Å². The number of benzene rings is 1. The molecular weight excluding hydrogens is 194 g/mol. The minimum absolute atomic E-state index is 0.105. The average molecular weight is 203 g/mol. The van der Waals surface area contributed by atoms with E-state index >= 15 is 0 Å². The van der Waals surface area contributed by atoms with Crippen molar-refractivity contribution < 1.29 is 4.92 Å². The molecule has 0 aliphatic carbocycles. The standard InChI is InChI=1S/C10H9N3O2/c14-13(15)10-3-1-9(2-4-10)12-7-5-11-6-8-12/h1-7H,8H2. The van der Waals surface area contributed by atoms with Crippen LogP contribution in [0.5, 0.6) is 0 Å². The number of anilines is 1. The van der Waals surface area contributed by atoms with Crippen molar-refractivity contribution in [3.05, 3.63) is 46.8 Å². The minimum Gasteiger partial charge on any atom is -0.341 e. The highest BCUT2D eigenvalue weighted by Crippen LogP contribution is 2.19. The summed E-state index contributed by atoms with van der Waals surface area (Å²) in [5, 5.41) is 10.4. The van der Waals surface area contributed by atoms with E-state index in [0.29, 0.717) is 6.54 Å². The number of rotatable bonds is 2. The van der Waals surface area contributed by atoms with Gasteiger partial charge in [-0.25, -0.2) is 0 Å². The molecule has 0 unspecified atom stereocenters. The normalized spacial score (nSPS) is 14.3. The van der Waals surface area contributed by atoms with Crippen LogP contribution in [0.2, 0.25) is 0 Å². The molecule has 76 valence electrons. The summed E-state index contributed by atoms with van der Waals surface area (Å²) in [5.41, 5.74) is 1.02. The summed E-state index contributed by atoms with van der Waals surface area (Å²) in [6.07, 6.45) is 5.30. The van der Waals surface area contributed by atoms with Crippen molar-refractivity contribution in [2.24, 2.45) is 4.99 Å². The lowest BCUT2D eigenvalue weighted by atomic mass is 10.2. The SMILES string of the molecule is O=[N+]([O-])c1ccc(N2C=CN=CC2)cc1. The molecule has 15 heavy (non-hydrogen) atoms. The van der Waals surface area contributed by atoms with Crippen molar-refractivity contribution >= 4 is 17.6 Å². The third kappa shape index (κ3) is 2.01. The largest absolute Gasteiger partial charge is 0.341 e. The second kappa shape index (κ2) is 3.91. The number of non-ortho nitro benzene ring substituents is 1. The highest BCUT2D eigenvalue weighted by molar-refractivity contribution is 5.70. The molecule has 0 saturated carbocycles. The van der Waals surface area contributed by atoms with Gasteiger partial charge in [-0.05, 0) is 12.1 Å². The van der Waals surface area contributed by atoms with Crippen LogP contribution in [0.1, 0.15) is 0 Å². The number of nitro benzene ring substituents is 1. The molecule has 1 heterocycles. The van der Waals surface area contributed by atoms with Crippen molar-refractivity contribution in [1.29, 1.82) is 0 Å². The van der Waals surface area contributed by atoms with Crippen LogP contribution in [0, 0.1) is 10.1 Å². The number of nitrogens with zero attached hydrogens (tertiary/aromatic N) is 3. The van der Waals surface area contributed by atoms with Gasteiger partial charge in [-0.3, -0.25) is 15.1 Å². The van der Waals surface area contributed by atoms with E-state index in [4.69, 9.17) is 0 Å². The molecule has 0 radical (unpaired) electrons. The summed E-state index contributed by atoms with van der Waals surface area (Å²) in [6, 6.07) is 6.44. The minimum atomic E-state index is -0.405. The summed E-state index contributed by atoms with van der Waals surface area (Å²) < 4.78 is 0.